The van der Waals surface area contributed by atoms with Crippen LogP contribution in [-0.2, 0) is 4.79 Å². The Balaban J connectivity index is 4.56. The smallest absolute Gasteiger partial charge is 0.280 e. The average molecular weight is 222 g/mol. The maximum Gasteiger partial charge on any atom is 0.462 e. The minimum absolute atomic E-state index is 0.0207. The first-order valence-corrected chi connectivity index (χ1v) is 4.12. The summed E-state index contributed by atoms with van der Waals surface area (Å²) in [5.41, 5.74) is 0. The lowest BCUT2D eigenvalue weighted by Gasteiger charge is -2.18. The standard InChI is InChI=1S/C6H7F5OS/c1-3(2)13-4(12)5(7,8)6(9,10)11/h3H,1-2H3. The lowest BCUT2D eigenvalue weighted by molar-refractivity contribution is -0.264. The van der Waals surface area contributed by atoms with Crippen LogP contribution in [0.3, 0.4) is 0 Å². The zero-order chi connectivity index (χ0) is 10.9. The first kappa shape index (κ1) is 12.7. The van der Waals surface area contributed by atoms with Crippen molar-refractivity contribution in [3.63, 3.8) is 0 Å². The summed E-state index contributed by atoms with van der Waals surface area (Å²) < 4.78 is 59.0. The van der Waals surface area contributed by atoms with Gasteiger partial charge in [0.1, 0.15) is 0 Å². The third-order valence-corrected chi connectivity index (χ3v) is 1.90. The van der Waals surface area contributed by atoms with Crippen molar-refractivity contribution < 1.29 is 26.7 Å². The Kier molecular flexibility index (Phi) is 3.71. The van der Waals surface area contributed by atoms with E-state index < -0.39 is 22.5 Å². The Labute approximate surface area is 75.7 Å². The van der Waals surface area contributed by atoms with Crippen LogP contribution in [0.4, 0.5) is 22.0 Å². The van der Waals surface area contributed by atoms with E-state index in [1.807, 2.05) is 0 Å². The molecule has 0 radical (unpaired) electrons. The van der Waals surface area contributed by atoms with Crippen molar-refractivity contribution in [2.45, 2.75) is 31.2 Å². The molecule has 0 amide bonds. The van der Waals surface area contributed by atoms with E-state index in [0.717, 1.165) is 0 Å². The quantitative estimate of drug-likeness (QED) is 0.668. The van der Waals surface area contributed by atoms with E-state index in [0.29, 0.717) is 0 Å². The molecule has 0 bridgehead atoms. The lowest BCUT2D eigenvalue weighted by atomic mass is 10.4. The molecule has 0 aromatic heterocycles. The number of hydrogen-bond acceptors (Lipinski definition) is 2. The second-order valence-electron chi connectivity index (χ2n) is 2.53. The Morgan fingerprint density at radius 3 is 1.77 bits per heavy atom. The molecule has 78 valence electrons. The van der Waals surface area contributed by atoms with Gasteiger partial charge in [0.05, 0.1) is 0 Å². The molecule has 0 aromatic rings. The fourth-order valence-corrected chi connectivity index (χ4v) is 1.10. The van der Waals surface area contributed by atoms with Gasteiger partial charge in [-0.15, -0.1) is 0 Å². The highest BCUT2D eigenvalue weighted by Crippen LogP contribution is 2.39. The van der Waals surface area contributed by atoms with Crippen LogP contribution in [0.1, 0.15) is 13.8 Å². The van der Waals surface area contributed by atoms with Gasteiger partial charge in [-0.05, 0) is 0 Å². The molecule has 13 heavy (non-hydrogen) atoms. The van der Waals surface area contributed by atoms with Gasteiger partial charge < -0.3 is 0 Å². The SMILES string of the molecule is CC(C)SC(=O)C(F)(F)C(F)(F)F. The Hall–Kier alpha value is -0.330. The molecule has 0 aromatic carbocycles. The fourth-order valence-electron chi connectivity index (χ4n) is 0.404. The molecule has 0 aliphatic carbocycles. The zero-order valence-corrected chi connectivity index (χ0v) is 7.60. The van der Waals surface area contributed by atoms with Crippen LogP contribution >= 0.6 is 11.8 Å². The van der Waals surface area contributed by atoms with E-state index in [-0.39, 0.29) is 11.8 Å². The summed E-state index contributed by atoms with van der Waals surface area (Å²) in [6.07, 6.45) is -5.80. The van der Waals surface area contributed by atoms with Crippen molar-refractivity contribution in [3.8, 4) is 0 Å². The van der Waals surface area contributed by atoms with Gasteiger partial charge in [-0.2, -0.15) is 22.0 Å². The van der Waals surface area contributed by atoms with E-state index in [2.05, 4.69) is 0 Å². The van der Waals surface area contributed by atoms with Gasteiger partial charge in [-0.3, -0.25) is 4.79 Å². The van der Waals surface area contributed by atoms with Crippen molar-refractivity contribution in [1.82, 2.24) is 0 Å². The van der Waals surface area contributed by atoms with Crippen molar-refractivity contribution in [2.24, 2.45) is 0 Å². The van der Waals surface area contributed by atoms with Gasteiger partial charge in [0.25, 0.3) is 5.12 Å². The number of carbonyl (C=O) groups excluding carboxylic acids is 1. The topological polar surface area (TPSA) is 17.1 Å². The van der Waals surface area contributed by atoms with Crippen molar-refractivity contribution in [2.75, 3.05) is 0 Å². The molecule has 0 aliphatic rings. The first-order valence-electron chi connectivity index (χ1n) is 3.24. The van der Waals surface area contributed by atoms with Crippen LogP contribution in [0.25, 0.3) is 0 Å². The van der Waals surface area contributed by atoms with Crippen LogP contribution in [0, 0.1) is 0 Å². The van der Waals surface area contributed by atoms with Crippen LogP contribution in [-0.4, -0.2) is 22.5 Å². The van der Waals surface area contributed by atoms with Gasteiger partial charge in [-0.25, -0.2) is 0 Å². The summed E-state index contributed by atoms with van der Waals surface area (Å²) in [4.78, 5) is 10.4. The molecule has 0 fully saturated rings. The monoisotopic (exact) mass is 222 g/mol. The fraction of sp³-hybridized carbons (Fsp3) is 0.833. The molecule has 1 nitrogen and oxygen atoms in total. The van der Waals surface area contributed by atoms with Crippen molar-refractivity contribution in [1.29, 1.82) is 0 Å². The molecule has 0 spiro atoms. The van der Waals surface area contributed by atoms with E-state index >= 15 is 0 Å². The molecule has 0 atom stereocenters. The maximum absolute atomic E-state index is 12.2. The van der Waals surface area contributed by atoms with E-state index in [9.17, 15) is 26.7 Å². The summed E-state index contributed by atoms with van der Waals surface area (Å²) in [6, 6.07) is 0. The largest absolute Gasteiger partial charge is 0.462 e. The number of carbonyl (C=O) groups is 1. The molecule has 0 unspecified atom stereocenters. The summed E-state index contributed by atoms with van der Waals surface area (Å²) in [7, 11) is 0. The Morgan fingerprint density at radius 1 is 1.15 bits per heavy atom. The second-order valence-corrected chi connectivity index (χ2v) is 4.08. The number of alkyl halides is 5. The number of thioether (sulfide) groups is 1. The molecule has 0 rings (SSSR count). The third kappa shape index (κ3) is 3.13. The molecule has 0 N–H and O–H groups in total. The predicted molar refractivity (Wildman–Crippen MR) is 38.7 cm³/mol. The van der Waals surface area contributed by atoms with Gasteiger partial charge in [-0.1, -0.05) is 25.6 Å². The lowest BCUT2D eigenvalue weighted by Crippen LogP contribution is -2.43. The average Bonchev–Trinajstić information content (AvgIpc) is 1.82. The van der Waals surface area contributed by atoms with Crippen LogP contribution in [0.5, 0.6) is 0 Å². The molecular weight excluding hydrogens is 215 g/mol. The van der Waals surface area contributed by atoms with E-state index in [4.69, 9.17) is 0 Å². The molecule has 0 aliphatic heterocycles. The first-order chi connectivity index (χ1) is 5.59. The van der Waals surface area contributed by atoms with Gasteiger partial charge >= 0.3 is 12.1 Å². The Bertz CT molecular complexity index is 198. The highest BCUT2D eigenvalue weighted by Gasteiger charge is 2.63. The Morgan fingerprint density at radius 2 is 1.54 bits per heavy atom. The van der Waals surface area contributed by atoms with E-state index in [1.165, 1.54) is 13.8 Å². The zero-order valence-electron chi connectivity index (χ0n) is 6.78. The van der Waals surface area contributed by atoms with Crippen molar-refractivity contribution in [3.05, 3.63) is 0 Å². The minimum atomic E-state index is -5.80. The molecule has 0 saturated carbocycles. The third-order valence-electron chi connectivity index (χ3n) is 0.955. The number of hydrogen-bond donors (Lipinski definition) is 0. The highest BCUT2D eigenvalue weighted by molar-refractivity contribution is 8.14. The van der Waals surface area contributed by atoms with Crippen LogP contribution < -0.4 is 0 Å². The number of halogens is 5. The van der Waals surface area contributed by atoms with Gasteiger partial charge in [0, 0.05) is 5.25 Å². The molecule has 0 heterocycles. The predicted octanol–water partition coefficient (Wildman–Crippen LogP) is 2.85. The van der Waals surface area contributed by atoms with Crippen LogP contribution in [0.15, 0.2) is 0 Å². The second kappa shape index (κ2) is 3.81. The van der Waals surface area contributed by atoms with Gasteiger partial charge in [0.2, 0.25) is 0 Å². The number of rotatable bonds is 2. The molecule has 0 saturated heterocycles. The summed E-state index contributed by atoms with van der Waals surface area (Å²) >= 11 is -0.0207. The maximum atomic E-state index is 12.2. The normalized spacial score (nSPS) is 13.5. The summed E-state index contributed by atoms with van der Waals surface area (Å²) in [6.45, 7) is 2.71. The highest BCUT2D eigenvalue weighted by atomic mass is 32.2. The summed E-state index contributed by atoms with van der Waals surface area (Å²) in [5, 5.41) is -2.75. The van der Waals surface area contributed by atoms with Gasteiger partial charge in [0.15, 0.2) is 0 Å². The molecular formula is C6H7F5OS. The summed E-state index contributed by atoms with van der Waals surface area (Å²) in [5.74, 6) is -5.25. The minimum Gasteiger partial charge on any atom is -0.280 e. The molecule has 7 heteroatoms. The van der Waals surface area contributed by atoms with Crippen molar-refractivity contribution >= 4 is 16.9 Å². The van der Waals surface area contributed by atoms with E-state index in [1.54, 1.807) is 0 Å². The van der Waals surface area contributed by atoms with Crippen LogP contribution in [0.2, 0.25) is 0 Å².